The highest BCUT2D eigenvalue weighted by Crippen LogP contribution is 2.34. The highest BCUT2D eigenvalue weighted by molar-refractivity contribution is 6.24. The van der Waals surface area contributed by atoms with E-state index in [0.717, 1.165) is 27.1 Å². The fourth-order valence-corrected chi connectivity index (χ4v) is 7.25. The first-order chi connectivity index (χ1) is 28.0. The highest BCUT2D eigenvalue weighted by atomic mass is 16.2. The molecule has 2 atom stereocenters. The quantitative estimate of drug-likeness (QED) is 0.0844. The SMILES string of the molecule is CNC(=O)c1cnc2ccc(-c3ccc(C(=O)NCCCNC(=O)C(C)Cc4cccc5c4C(=O)N(C4CCC(=O)NC4=O)C5=O)cc3)cc2c1Nc1ccccc1. The molecule has 0 radical (unpaired) electrons. The van der Waals surface area contributed by atoms with Crippen LogP contribution >= 0.6 is 0 Å². The maximum atomic E-state index is 13.4. The summed E-state index contributed by atoms with van der Waals surface area (Å²) in [6.45, 7) is 2.34. The number of imide groups is 2. The lowest BCUT2D eigenvalue weighted by molar-refractivity contribution is -0.136. The lowest BCUT2D eigenvalue weighted by Crippen LogP contribution is -2.54. The molecule has 294 valence electrons. The smallest absolute Gasteiger partial charge is 0.262 e. The lowest BCUT2D eigenvalue weighted by atomic mass is 9.94. The summed E-state index contributed by atoms with van der Waals surface area (Å²) in [4.78, 5) is 94.9. The number of hydrogen-bond acceptors (Lipinski definition) is 9. The molecule has 1 aromatic heterocycles. The number of amides is 7. The van der Waals surface area contributed by atoms with Gasteiger partial charge in [-0.05, 0) is 78.4 Å². The second-order valence-electron chi connectivity index (χ2n) is 14.2. The van der Waals surface area contributed by atoms with Crippen LogP contribution in [0.5, 0.6) is 0 Å². The Morgan fingerprint density at radius 1 is 0.845 bits per heavy atom. The predicted molar refractivity (Wildman–Crippen MR) is 216 cm³/mol. The van der Waals surface area contributed by atoms with Crippen LogP contribution in [0.4, 0.5) is 11.4 Å². The number of rotatable bonds is 13. The van der Waals surface area contributed by atoms with Gasteiger partial charge in [0.25, 0.3) is 23.6 Å². The van der Waals surface area contributed by atoms with E-state index < -0.39 is 35.6 Å². The maximum absolute atomic E-state index is 13.4. The number of carbonyl (C=O) groups is 7. The third-order valence-corrected chi connectivity index (χ3v) is 10.3. The number of aromatic nitrogens is 1. The molecule has 0 aliphatic carbocycles. The Morgan fingerprint density at radius 3 is 2.33 bits per heavy atom. The monoisotopic (exact) mass is 779 g/mol. The van der Waals surface area contributed by atoms with Gasteiger partial charge in [0.15, 0.2) is 0 Å². The Morgan fingerprint density at radius 2 is 1.59 bits per heavy atom. The van der Waals surface area contributed by atoms with Crippen molar-refractivity contribution in [1.29, 1.82) is 0 Å². The van der Waals surface area contributed by atoms with E-state index in [1.165, 1.54) is 6.07 Å². The zero-order valence-electron chi connectivity index (χ0n) is 31.9. The van der Waals surface area contributed by atoms with Gasteiger partial charge < -0.3 is 21.3 Å². The minimum atomic E-state index is -1.07. The third kappa shape index (κ3) is 8.03. The first kappa shape index (κ1) is 39.0. The van der Waals surface area contributed by atoms with Gasteiger partial charge >= 0.3 is 0 Å². The standard InChI is InChI=1S/C44H41N7O7/c1-25(22-29-8-6-11-31-37(29)44(58)51(43(31)57)35-18-19-36(52)50-42(35)56)39(53)46-20-7-21-47-40(54)27-14-12-26(13-15-27)28-16-17-34-32(23-28)38(33(24-48-34)41(55)45-2)49-30-9-4-3-5-10-30/h3-6,8-17,23-25,35H,7,18-22H2,1-2H3,(H,45,55)(H,46,53)(H,47,54)(H,48,49)(H,50,52,56). The number of hydrogen-bond donors (Lipinski definition) is 5. The van der Waals surface area contributed by atoms with E-state index in [0.29, 0.717) is 47.4 Å². The van der Waals surface area contributed by atoms with E-state index in [1.807, 2.05) is 60.7 Å². The third-order valence-electron chi connectivity index (χ3n) is 10.3. The van der Waals surface area contributed by atoms with E-state index in [-0.39, 0.29) is 48.1 Å². The minimum absolute atomic E-state index is 0.0237. The van der Waals surface area contributed by atoms with E-state index in [4.69, 9.17) is 0 Å². The summed E-state index contributed by atoms with van der Waals surface area (Å²) < 4.78 is 0. The van der Waals surface area contributed by atoms with Crippen molar-refractivity contribution in [1.82, 2.24) is 31.2 Å². The van der Waals surface area contributed by atoms with Gasteiger partial charge in [-0.2, -0.15) is 0 Å². The van der Waals surface area contributed by atoms with Crippen molar-refractivity contribution >= 4 is 63.6 Å². The first-order valence-electron chi connectivity index (χ1n) is 19.0. The number of anilines is 2. The predicted octanol–water partition coefficient (Wildman–Crippen LogP) is 4.52. The largest absolute Gasteiger partial charge is 0.356 e. The van der Waals surface area contributed by atoms with Crippen LogP contribution < -0.4 is 26.6 Å². The van der Waals surface area contributed by atoms with Crippen molar-refractivity contribution in [2.45, 2.75) is 38.6 Å². The van der Waals surface area contributed by atoms with Crippen molar-refractivity contribution in [3.8, 4) is 11.1 Å². The molecule has 0 spiro atoms. The van der Waals surface area contributed by atoms with Gasteiger partial charge in [-0.1, -0.05) is 55.5 Å². The summed E-state index contributed by atoms with van der Waals surface area (Å²) in [5.74, 6) is -3.67. The average Bonchev–Trinajstić information content (AvgIpc) is 3.49. The van der Waals surface area contributed by atoms with Crippen molar-refractivity contribution in [2.75, 3.05) is 25.5 Å². The van der Waals surface area contributed by atoms with E-state index in [1.54, 1.807) is 44.4 Å². The molecule has 58 heavy (non-hydrogen) atoms. The second kappa shape index (κ2) is 16.9. The normalized spacial score (nSPS) is 15.4. The van der Waals surface area contributed by atoms with Crippen LogP contribution in [0.15, 0.2) is 97.2 Å². The van der Waals surface area contributed by atoms with Gasteiger partial charge in [-0.3, -0.25) is 48.8 Å². The fourth-order valence-electron chi connectivity index (χ4n) is 7.25. The molecular formula is C44H41N7O7. The molecule has 3 heterocycles. The lowest BCUT2D eigenvalue weighted by Gasteiger charge is -2.27. The number of nitrogens with zero attached hydrogens (tertiary/aromatic N) is 2. The molecule has 2 aliphatic heterocycles. The highest BCUT2D eigenvalue weighted by Gasteiger charge is 2.45. The Bertz CT molecular complexity index is 2470. The molecule has 1 saturated heterocycles. The number of pyridine rings is 1. The van der Waals surface area contributed by atoms with Crippen molar-refractivity contribution in [3.63, 3.8) is 0 Å². The minimum Gasteiger partial charge on any atom is -0.356 e. The maximum Gasteiger partial charge on any atom is 0.262 e. The molecule has 4 aromatic carbocycles. The topological polar surface area (TPSA) is 196 Å². The molecule has 2 unspecified atom stereocenters. The van der Waals surface area contributed by atoms with Gasteiger partial charge in [0.2, 0.25) is 17.7 Å². The molecule has 5 aromatic rings. The van der Waals surface area contributed by atoms with Gasteiger partial charge in [-0.15, -0.1) is 0 Å². The first-order valence-corrected chi connectivity index (χ1v) is 19.0. The Labute approximate surface area is 333 Å². The van der Waals surface area contributed by atoms with Crippen LogP contribution in [-0.2, 0) is 20.8 Å². The second-order valence-corrected chi connectivity index (χ2v) is 14.2. The fraction of sp³-hybridized carbons (Fsp3) is 0.227. The van der Waals surface area contributed by atoms with Crippen LogP contribution in [0, 0.1) is 5.92 Å². The molecule has 14 nitrogen and oxygen atoms in total. The van der Waals surface area contributed by atoms with Crippen LogP contribution in [-0.4, -0.2) is 77.4 Å². The van der Waals surface area contributed by atoms with E-state index in [9.17, 15) is 33.6 Å². The molecular weight excluding hydrogens is 739 g/mol. The summed E-state index contributed by atoms with van der Waals surface area (Å²) in [5.41, 5.74) is 5.65. The summed E-state index contributed by atoms with van der Waals surface area (Å²) in [6.07, 6.45) is 2.29. The molecule has 2 aliphatic rings. The summed E-state index contributed by atoms with van der Waals surface area (Å²) in [7, 11) is 1.57. The number of fused-ring (bicyclic) bond motifs is 2. The number of nitrogens with one attached hydrogen (secondary N) is 5. The van der Waals surface area contributed by atoms with E-state index >= 15 is 0 Å². The molecule has 7 amide bonds. The average molecular weight is 780 g/mol. The van der Waals surface area contributed by atoms with Crippen LogP contribution in [0.1, 0.15) is 73.2 Å². The zero-order valence-corrected chi connectivity index (χ0v) is 31.9. The molecule has 0 bridgehead atoms. The molecule has 7 rings (SSSR count). The summed E-state index contributed by atoms with van der Waals surface area (Å²) in [5, 5.41) is 14.8. The Balaban J connectivity index is 0.919. The summed E-state index contributed by atoms with van der Waals surface area (Å²) in [6, 6.07) is 26.3. The van der Waals surface area contributed by atoms with Crippen molar-refractivity contribution < 1.29 is 33.6 Å². The molecule has 1 fully saturated rings. The Hall–Kier alpha value is -7.22. The Kier molecular flexibility index (Phi) is 11.4. The van der Waals surface area contributed by atoms with Gasteiger partial charge in [0.05, 0.1) is 27.9 Å². The van der Waals surface area contributed by atoms with Gasteiger partial charge in [-0.25, -0.2) is 0 Å². The number of benzene rings is 4. The summed E-state index contributed by atoms with van der Waals surface area (Å²) >= 11 is 0. The number of carbonyl (C=O) groups excluding carboxylic acids is 7. The molecule has 14 heteroatoms. The number of piperidine rings is 1. The number of para-hydroxylation sites is 1. The van der Waals surface area contributed by atoms with Gasteiger partial charge in [0, 0.05) is 55.3 Å². The van der Waals surface area contributed by atoms with Gasteiger partial charge in [0.1, 0.15) is 6.04 Å². The molecule has 5 N–H and O–H groups in total. The van der Waals surface area contributed by atoms with Crippen LogP contribution in [0.2, 0.25) is 0 Å². The molecule has 0 saturated carbocycles. The van der Waals surface area contributed by atoms with Crippen molar-refractivity contribution in [3.05, 3.63) is 125 Å². The van der Waals surface area contributed by atoms with Crippen molar-refractivity contribution in [2.24, 2.45) is 5.92 Å². The zero-order chi connectivity index (χ0) is 40.9. The van der Waals surface area contributed by atoms with E-state index in [2.05, 4.69) is 31.6 Å². The van der Waals surface area contributed by atoms with Crippen LogP contribution in [0.25, 0.3) is 22.0 Å². The van der Waals surface area contributed by atoms with Crippen LogP contribution in [0.3, 0.4) is 0 Å².